The topological polar surface area (TPSA) is 105 Å². The van der Waals surface area contributed by atoms with Gasteiger partial charge in [-0.15, -0.1) is 11.3 Å². The standard InChI is InChI=1S/C10H15N3O3S/c1-6-5-17-8(13-6)4-12-10(16)7(11)2-3-9(14)15/h5,7H,2-4,11H2,1H3,(H,12,16)(H,14,15). The van der Waals surface area contributed by atoms with Gasteiger partial charge in [-0.1, -0.05) is 0 Å². The van der Waals surface area contributed by atoms with E-state index in [2.05, 4.69) is 10.3 Å². The third-order valence-electron chi connectivity index (χ3n) is 2.09. The molecule has 0 fully saturated rings. The molecule has 0 aliphatic rings. The van der Waals surface area contributed by atoms with Crippen molar-refractivity contribution in [1.29, 1.82) is 0 Å². The first kappa shape index (κ1) is 13.6. The zero-order valence-electron chi connectivity index (χ0n) is 9.47. The Kier molecular flexibility index (Phi) is 5.05. The van der Waals surface area contributed by atoms with Crippen LogP contribution in [-0.4, -0.2) is 28.0 Å². The van der Waals surface area contributed by atoms with Gasteiger partial charge in [0.2, 0.25) is 5.91 Å². The van der Waals surface area contributed by atoms with Crippen LogP contribution in [0.3, 0.4) is 0 Å². The molecule has 1 amide bonds. The number of aliphatic carboxylic acids is 1. The molecule has 0 radical (unpaired) electrons. The van der Waals surface area contributed by atoms with Crippen LogP contribution in [0.2, 0.25) is 0 Å². The van der Waals surface area contributed by atoms with Crippen LogP contribution in [0, 0.1) is 6.92 Å². The highest BCUT2D eigenvalue weighted by Crippen LogP contribution is 2.08. The van der Waals surface area contributed by atoms with Gasteiger partial charge in [0, 0.05) is 17.5 Å². The average Bonchev–Trinajstić information content (AvgIpc) is 2.68. The average molecular weight is 257 g/mol. The summed E-state index contributed by atoms with van der Waals surface area (Å²) >= 11 is 1.46. The first-order chi connectivity index (χ1) is 7.99. The monoisotopic (exact) mass is 257 g/mol. The van der Waals surface area contributed by atoms with Crippen molar-refractivity contribution in [2.45, 2.75) is 32.4 Å². The highest BCUT2D eigenvalue weighted by molar-refractivity contribution is 7.09. The fourth-order valence-electron chi connectivity index (χ4n) is 1.19. The smallest absolute Gasteiger partial charge is 0.303 e. The van der Waals surface area contributed by atoms with Crippen molar-refractivity contribution in [3.8, 4) is 0 Å². The van der Waals surface area contributed by atoms with Crippen LogP contribution in [-0.2, 0) is 16.1 Å². The van der Waals surface area contributed by atoms with Crippen molar-refractivity contribution in [1.82, 2.24) is 10.3 Å². The lowest BCUT2D eigenvalue weighted by molar-refractivity contribution is -0.137. The summed E-state index contributed by atoms with van der Waals surface area (Å²) in [7, 11) is 0. The molecule has 1 aromatic rings. The van der Waals surface area contributed by atoms with E-state index in [1.54, 1.807) is 0 Å². The highest BCUT2D eigenvalue weighted by Gasteiger charge is 2.14. The summed E-state index contributed by atoms with van der Waals surface area (Å²) in [4.78, 5) is 26.0. The Morgan fingerprint density at radius 3 is 2.88 bits per heavy atom. The molecule has 0 aromatic carbocycles. The van der Waals surface area contributed by atoms with Crippen LogP contribution in [0.15, 0.2) is 5.38 Å². The van der Waals surface area contributed by atoms with Gasteiger partial charge in [0.05, 0.1) is 12.6 Å². The van der Waals surface area contributed by atoms with E-state index in [9.17, 15) is 9.59 Å². The molecule has 1 unspecified atom stereocenters. The Balaban J connectivity index is 2.31. The van der Waals surface area contributed by atoms with Crippen LogP contribution < -0.4 is 11.1 Å². The van der Waals surface area contributed by atoms with Crippen LogP contribution in [0.4, 0.5) is 0 Å². The van der Waals surface area contributed by atoms with E-state index < -0.39 is 12.0 Å². The minimum absolute atomic E-state index is 0.106. The fourth-order valence-corrected chi connectivity index (χ4v) is 1.90. The van der Waals surface area contributed by atoms with Crippen LogP contribution in [0.5, 0.6) is 0 Å². The van der Waals surface area contributed by atoms with Crippen molar-refractivity contribution < 1.29 is 14.7 Å². The van der Waals surface area contributed by atoms with Gasteiger partial charge in [0.15, 0.2) is 0 Å². The lowest BCUT2D eigenvalue weighted by Crippen LogP contribution is -2.40. The van der Waals surface area contributed by atoms with Gasteiger partial charge in [-0.3, -0.25) is 9.59 Å². The molecule has 1 rings (SSSR count). The Labute approximate surface area is 103 Å². The number of nitrogens with one attached hydrogen (secondary N) is 1. The summed E-state index contributed by atoms with van der Waals surface area (Å²) in [5.41, 5.74) is 6.45. The number of aryl methyl sites for hydroxylation is 1. The van der Waals surface area contributed by atoms with Gasteiger partial charge in [0.25, 0.3) is 0 Å². The van der Waals surface area contributed by atoms with E-state index in [-0.39, 0.29) is 18.7 Å². The number of carbonyl (C=O) groups excluding carboxylic acids is 1. The number of carboxylic acids is 1. The first-order valence-electron chi connectivity index (χ1n) is 5.15. The van der Waals surface area contributed by atoms with Crippen LogP contribution in [0.25, 0.3) is 0 Å². The predicted molar refractivity (Wildman–Crippen MR) is 63.5 cm³/mol. The first-order valence-corrected chi connectivity index (χ1v) is 6.03. The highest BCUT2D eigenvalue weighted by atomic mass is 32.1. The van der Waals surface area contributed by atoms with E-state index in [0.717, 1.165) is 10.7 Å². The lowest BCUT2D eigenvalue weighted by Gasteiger charge is -2.09. The summed E-state index contributed by atoms with van der Waals surface area (Å²) in [5, 5.41) is 13.8. The maximum atomic E-state index is 11.5. The number of hydrogen-bond donors (Lipinski definition) is 3. The molecule has 0 aliphatic heterocycles. The molecule has 0 saturated heterocycles. The minimum Gasteiger partial charge on any atom is -0.481 e. The normalized spacial score (nSPS) is 12.1. The maximum Gasteiger partial charge on any atom is 0.303 e. The number of carboxylic acid groups (broad SMARTS) is 1. The second-order valence-electron chi connectivity index (χ2n) is 3.64. The maximum absolute atomic E-state index is 11.5. The van der Waals surface area contributed by atoms with Crippen molar-refractivity contribution >= 4 is 23.2 Å². The minimum atomic E-state index is -0.955. The van der Waals surface area contributed by atoms with E-state index in [4.69, 9.17) is 10.8 Å². The molecule has 6 nitrogen and oxygen atoms in total. The van der Waals surface area contributed by atoms with E-state index in [1.165, 1.54) is 11.3 Å². The van der Waals surface area contributed by atoms with E-state index in [0.29, 0.717) is 6.54 Å². The van der Waals surface area contributed by atoms with Gasteiger partial charge >= 0.3 is 5.97 Å². The molecular formula is C10H15N3O3S. The molecule has 0 saturated carbocycles. The Hall–Kier alpha value is -1.47. The number of hydrogen-bond acceptors (Lipinski definition) is 5. The van der Waals surface area contributed by atoms with Gasteiger partial charge < -0.3 is 16.2 Å². The number of carbonyl (C=O) groups is 2. The van der Waals surface area contributed by atoms with Gasteiger partial charge in [0.1, 0.15) is 5.01 Å². The molecule has 1 heterocycles. The van der Waals surface area contributed by atoms with Crippen molar-refractivity contribution in [3.05, 3.63) is 16.1 Å². The molecule has 4 N–H and O–H groups in total. The Morgan fingerprint density at radius 2 is 2.35 bits per heavy atom. The van der Waals surface area contributed by atoms with Crippen molar-refractivity contribution in [2.75, 3.05) is 0 Å². The van der Waals surface area contributed by atoms with Gasteiger partial charge in [-0.2, -0.15) is 0 Å². The van der Waals surface area contributed by atoms with Gasteiger partial charge in [-0.05, 0) is 13.3 Å². The molecule has 1 aromatic heterocycles. The number of thiazole rings is 1. The summed E-state index contributed by atoms with van der Waals surface area (Å²) in [6, 6.07) is -0.785. The molecule has 7 heteroatoms. The molecule has 17 heavy (non-hydrogen) atoms. The summed E-state index contributed by atoms with van der Waals surface area (Å²) in [6.07, 6.45) is 0.0308. The molecule has 0 bridgehead atoms. The third kappa shape index (κ3) is 4.92. The Morgan fingerprint density at radius 1 is 1.65 bits per heavy atom. The van der Waals surface area contributed by atoms with Crippen molar-refractivity contribution in [3.63, 3.8) is 0 Å². The van der Waals surface area contributed by atoms with Gasteiger partial charge in [-0.25, -0.2) is 4.98 Å². The van der Waals surface area contributed by atoms with E-state index >= 15 is 0 Å². The number of nitrogens with two attached hydrogens (primary N) is 1. The predicted octanol–water partition coefficient (Wildman–Crippen LogP) is 0.260. The zero-order chi connectivity index (χ0) is 12.8. The number of aromatic nitrogens is 1. The zero-order valence-corrected chi connectivity index (χ0v) is 10.3. The number of nitrogens with zero attached hydrogens (tertiary/aromatic N) is 1. The summed E-state index contributed by atoms with van der Waals surface area (Å²) < 4.78 is 0. The molecule has 1 atom stereocenters. The molecule has 0 aliphatic carbocycles. The number of rotatable bonds is 6. The Bertz CT molecular complexity index is 405. The van der Waals surface area contributed by atoms with Crippen LogP contribution >= 0.6 is 11.3 Å². The summed E-state index contributed by atoms with van der Waals surface area (Å²) in [5.74, 6) is -1.30. The van der Waals surface area contributed by atoms with Crippen molar-refractivity contribution in [2.24, 2.45) is 5.73 Å². The molecule has 0 spiro atoms. The second-order valence-corrected chi connectivity index (χ2v) is 4.58. The summed E-state index contributed by atoms with van der Waals surface area (Å²) in [6.45, 7) is 2.21. The largest absolute Gasteiger partial charge is 0.481 e. The lowest BCUT2D eigenvalue weighted by atomic mass is 10.1. The number of amides is 1. The third-order valence-corrected chi connectivity index (χ3v) is 3.05. The SMILES string of the molecule is Cc1csc(CNC(=O)C(N)CCC(=O)O)n1. The fraction of sp³-hybridized carbons (Fsp3) is 0.500. The van der Waals surface area contributed by atoms with Crippen LogP contribution in [0.1, 0.15) is 23.5 Å². The van der Waals surface area contributed by atoms with E-state index in [1.807, 2.05) is 12.3 Å². The second kappa shape index (κ2) is 6.31. The quantitative estimate of drug-likeness (QED) is 0.678. The molecular weight excluding hydrogens is 242 g/mol. The molecule has 94 valence electrons.